The molecule has 0 unspecified atom stereocenters. The Morgan fingerprint density at radius 2 is 2.00 bits per heavy atom. The van der Waals surface area contributed by atoms with Crippen molar-refractivity contribution in [2.24, 2.45) is 0 Å². The number of thiophene rings is 1. The van der Waals surface area contributed by atoms with Crippen LogP contribution in [0.4, 0.5) is 0 Å². The zero-order valence-corrected chi connectivity index (χ0v) is 14.5. The number of nitrogens with zero attached hydrogens (tertiary/aromatic N) is 2. The van der Waals surface area contributed by atoms with Gasteiger partial charge in [0.2, 0.25) is 0 Å². The third-order valence-electron chi connectivity index (χ3n) is 5.67. The Morgan fingerprint density at radius 1 is 1.22 bits per heavy atom. The van der Waals surface area contributed by atoms with Crippen LogP contribution in [0.25, 0.3) is 0 Å². The van der Waals surface area contributed by atoms with Crippen molar-refractivity contribution in [2.45, 2.75) is 56.8 Å². The summed E-state index contributed by atoms with van der Waals surface area (Å²) < 4.78 is 6.33. The number of carbonyl (C=O) groups excluding carboxylic acids is 1. The monoisotopic (exact) mass is 334 g/mol. The highest BCUT2D eigenvalue weighted by Crippen LogP contribution is 2.40. The van der Waals surface area contributed by atoms with Gasteiger partial charge in [-0.05, 0) is 50.0 Å². The van der Waals surface area contributed by atoms with Crippen molar-refractivity contribution >= 4 is 17.2 Å². The van der Waals surface area contributed by atoms with Crippen molar-refractivity contribution in [3.8, 4) is 0 Å². The van der Waals surface area contributed by atoms with Gasteiger partial charge in [0.15, 0.2) is 0 Å². The van der Waals surface area contributed by atoms with E-state index in [4.69, 9.17) is 4.74 Å². The number of ether oxygens (including phenoxy) is 1. The molecule has 23 heavy (non-hydrogen) atoms. The van der Waals surface area contributed by atoms with E-state index in [9.17, 15) is 4.79 Å². The molecule has 3 aliphatic rings. The van der Waals surface area contributed by atoms with Gasteiger partial charge in [-0.25, -0.2) is 0 Å². The summed E-state index contributed by atoms with van der Waals surface area (Å²) >= 11 is 1.84. The molecule has 0 aromatic carbocycles. The maximum Gasteiger partial charge on any atom is 0.251 e. The van der Waals surface area contributed by atoms with Crippen LogP contribution >= 0.6 is 11.3 Å². The molecule has 126 valence electrons. The highest BCUT2D eigenvalue weighted by Gasteiger charge is 2.45. The lowest BCUT2D eigenvalue weighted by molar-refractivity contribution is -0.150. The van der Waals surface area contributed by atoms with Crippen molar-refractivity contribution < 1.29 is 9.53 Å². The molecule has 1 atom stereocenters. The normalized spacial score (nSPS) is 27.8. The molecule has 4 nitrogen and oxygen atoms in total. The van der Waals surface area contributed by atoms with E-state index >= 15 is 0 Å². The van der Waals surface area contributed by atoms with Gasteiger partial charge in [0.05, 0.1) is 5.60 Å². The Balaban J connectivity index is 1.30. The van der Waals surface area contributed by atoms with E-state index in [2.05, 4.69) is 22.4 Å². The van der Waals surface area contributed by atoms with Gasteiger partial charge in [-0.2, -0.15) is 0 Å². The summed E-state index contributed by atoms with van der Waals surface area (Å²) in [6, 6.07) is 4.34. The molecule has 1 amide bonds. The number of rotatable bonds is 3. The van der Waals surface area contributed by atoms with E-state index in [-0.39, 0.29) is 17.6 Å². The van der Waals surface area contributed by atoms with Gasteiger partial charge >= 0.3 is 0 Å². The number of likely N-dealkylation sites (tertiary alicyclic amines) is 2. The number of hydrogen-bond donors (Lipinski definition) is 0. The molecule has 4 rings (SSSR count). The van der Waals surface area contributed by atoms with E-state index in [0.29, 0.717) is 0 Å². The van der Waals surface area contributed by atoms with Gasteiger partial charge < -0.3 is 9.64 Å². The van der Waals surface area contributed by atoms with Crippen LogP contribution < -0.4 is 0 Å². The lowest BCUT2D eigenvalue weighted by atomic mass is 9.88. The van der Waals surface area contributed by atoms with Gasteiger partial charge in [-0.3, -0.25) is 9.69 Å². The van der Waals surface area contributed by atoms with Gasteiger partial charge in [0.25, 0.3) is 5.91 Å². The third kappa shape index (κ3) is 3.32. The Bertz CT molecular complexity index is 531. The number of piperidine rings is 1. The fraction of sp³-hybridized carbons (Fsp3) is 0.722. The lowest BCUT2D eigenvalue weighted by Crippen LogP contribution is -2.45. The highest BCUT2D eigenvalue weighted by atomic mass is 32.1. The quantitative estimate of drug-likeness (QED) is 0.852. The molecule has 0 aliphatic carbocycles. The molecule has 0 saturated carbocycles. The SMILES string of the molecule is O=C([C@H]1CCC2(CCN(Cc3cccs3)CC2)O1)N1CCCC1. The van der Waals surface area contributed by atoms with Crippen molar-refractivity contribution in [1.82, 2.24) is 9.80 Å². The summed E-state index contributed by atoms with van der Waals surface area (Å²) in [5.74, 6) is 0.250. The van der Waals surface area contributed by atoms with E-state index in [1.165, 1.54) is 4.88 Å². The molecule has 3 saturated heterocycles. The molecule has 1 aromatic rings. The minimum Gasteiger partial charge on any atom is -0.362 e. The van der Waals surface area contributed by atoms with Gasteiger partial charge in [-0.1, -0.05) is 6.07 Å². The van der Waals surface area contributed by atoms with Gasteiger partial charge in [-0.15, -0.1) is 11.3 Å². The molecule has 0 radical (unpaired) electrons. The van der Waals surface area contributed by atoms with Crippen LogP contribution in [-0.4, -0.2) is 53.6 Å². The first-order valence-electron chi connectivity index (χ1n) is 8.96. The molecule has 3 fully saturated rings. The Labute approximate surface area is 142 Å². The van der Waals surface area contributed by atoms with Crippen molar-refractivity contribution in [3.63, 3.8) is 0 Å². The number of amides is 1. The summed E-state index contributed by atoms with van der Waals surface area (Å²) in [5.41, 5.74) is -0.0218. The summed E-state index contributed by atoms with van der Waals surface area (Å²) in [6.45, 7) is 5.09. The summed E-state index contributed by atoms with van der Waals surface area (Å²) in [5, 5.41) is 2.15. The maximum atomic E-state index is 12.5. The first kappa shape index (κ1) is 15.6. The van der Waals surface area contributed by atoms with Crippen molar-refractivity contribution in [2.75, 3.05) is 26.2 Å². The Morgan fingerprint density at radius 3 is 2.70 bits per heavy atom. The molecule has 1 spiro atoms. The second-order valence-corrected chi connectivity index (χ2v) is 8.25. The van der Waals surface area contributed by atoms with E-state index in [1.807, 2.05) is 16.2 Å². The van der Waals surface area contributed by atoms with E-state index in [1.54, 1.807) is 0 Å². The molecule has 5 heteroatoms. The molecular weight excluding hydrogens is 308 g/mol. The zero-order valence-electron chi connectivity index (χ0n) is 13.7. The number of hydrogen-bond acceptors (Lipinski definition) is 4. The molecule has 4 heterocycles. The van der Waals surface area contributed by atoms with Crippen LogP contribution in [0, 0.1) is 0 Å². The van der Waals surface area contributed by atoms with Gasteiger partial charge in [0.1, 0.15) is 6.10 Å². The van der Waals surface area contributed by atoms with Crippen LogP contribution in [-0.2, 0) is 16.1 Å². The van der Waals surface area contributed by atoms with Crippen LogP contribution in [0.5, 0.6) is 0 Å². The smallest absolute Gasteiger partial charge is 0.251 e. The van der Waals surface area contributed by atoms with E-state index in [0.717, 1.165) is 71.2 Å². The van der Waals surface area contributed by atoms with Crippen LogP contribution in [0.2, 0.25) is 0 Å². The van der Waals surface area contributed by atoms with Crippen LogP contribution in [0.3, 0.4) is 0 Å². The first-order chi connectivity index (χ1) is 11.2. The average Bonchev–Trinajstić information content (AvgIpc) is 3.31. The molecule has 1 aromatic heterocycles. The van der Waals surface area contributed by atoms with E-state index < -0.39 is 0 Å². The Hall–Kier alpha value is -0.910. The molecule has 3 aliphatic heterocycles. The first-order valence-corrected chi connectivity index (χ1v) is 9.83. The van der Waals surface area contributed by atoms with Crippen LogP contribution in [0.15, 0.2) is 17.5 Å². The second kappa shape index (κ2) is 6.54. The summed E-state index contributed by atoms with van der Waals surface area (Å²) in [7, 11) is 0. The average molecular weight is 334 g/mol. The number of carbonyl (C=O) groups is 1. The lowest BCUT2D eigenvalue weighted by Gasteiger charge is -2.39. The minimum atomic E-state index is -0.169. The minimum absolute atomic E-state index is 0.0218. The Kier molecular flexibility index (Phi) is 4.43. The molecule has 0 N–H and O–H groups in total. The summed E-state index contributed by atoms with van der Waals surface area (Å²) in [6.07, 6.45) is 6.26. The highest BCUT2D eigenvalue weighted by molar-refractivity contribution is 7.09. The molecule has 0 bridgehead atoms. The van der Waals surface area contributed by atoms with Crippen LogP contribution in [0.1, 0.15) is 43.4 Å². The predicted molar refractivity (Wildman–Crippen MR) is 91.5 cm³/mol. The summed E-state index contributed by atoms with van der Waals surface area (Å²) in [4.78, 5) is 18.5. The standard InChI is InChI=1S/C18H26N2O2S/c21-17(20-9-1-2-10-20)16-5-6-18(22-16)7-11-19(12-8-18)14-15-4-3-13-23-15/h3-4,13,16H,1-2,5-12,14H2/t16-/m1/s1. The fourth-order valence-corrected chi connectivity index (χ4v) is 4.98. The predicted octanol–water partition coefficient (Wildman–Crippen LogP) is 2.88. The zero-order chi connectivity index (χ0) is 15.7. The molecular formula is C18H26N2O2S. The van der Waals surface area contributed by atoms with Gasteiger partial charge in [0, 0.05) is 37.6 Å². The third-order valence-corrected chi connectivity index (χ3v) is 6.54. The maximum absolute atomic E-state index is 12.5. The largest absolute Gasteiger partial charge is 0.362 e. The second-order valence-electron chi connectivity index (χ2n) is 7.22. The fourth-order valence-electron chi connectivity index (χ4n) is 4.24. The topological polar surface area (TPSA) is 32.8 Å². The van der Waals surface area contributed by atoms with Crippen molar-refractivity contribution in [1.29, 1.82) is 0 Å². The van der Waals surface area contributed by atoms with Crippen molar-refractivity contribution in [3.05, 3.63) is 22.4 Å².